The van der Waals surface area contributed by atoms with E-state index in [1.165, 1.54) is 7.11 Å². The molecule has 3 N–H and O–H groups in total. The van der Waals surface area contributed by atoms with Crippen LogP contribution in [0.15, 0.2) is 0 Å². The van der Waals surface area contributed by atoms with Gasteiger partial charge in [-0.25, -0.2) is 0 Å². The van der Waals surface area contributed by atoms with Crippen LogP contribution in [0.5, 0.6) is 0 Å². The first-order valence-electron chi connectivity index (χ1n) is 5.47. The molecule has 2 heterocycles. The summed E-state index contributed by atoms with van der Waals surface area (Å²) in [6.07, 6.45) is -4.27. The van der Waals surface area contributed by atoms with E-state index < -0.39 is 29.9 Å². The number of ether oxygens (including phenoxy) is 1. The quantitative estimate of drug-likeness (QED) is 0.732. The number of hydrogen-bond donors (Lipinski definition) is 3. The van der Waals surface area contributed by atoms with Gasteiger partial charge in [-0.3, -0.25) is 15.2 Å². The summed E-state index contributed by atoms with van der Waals surface area (Å²) in [5.74, 6) is -2.15. The lowest BCUT2D eigenvalue weighted by Crippen LogP contribution is -2.35. The minimum Gasteiger partial charge on any atom is -0.380 e. The molecule has 1 saturated heterocycles. The lowest BCUT2D eigenvalue weighted by molar-refractivity contribution is -0.144. The van der Waals surface area contributed by atoms with Gasteiger partial charge in [0.2, 0.25) is 17.7 Å². The number of halogens is 3. The van der Waals surface area contributed by atoms with Crippen LogP contribution in [-0.4, -0.2) is 46.9 Å². The first-order valence-corrected chi connectivity index (χ1v) is 5.47. The maximum absolute atomic E-state index is 12.3. The van der Waals surface area contributed by atoms with Crippen molar-refractivity contribution >= 4 is 11.9 Å². The van der Waals surface area contributed by atoms with E-state index in [-0.39, 0.29) is 6.10 Å². The number of alkyl halides is 3. The normalized spacial score (nSPS) is 23.6. The summed E-state index contributed by atoms with van der Waals surface area (Å²) in [7, 11) is 1.53. The summed E-state index contributed by atoms with van der Waals surface area (Å²) in [6, 6.07) is -0.530. The third kappa shape index (κ3) is 3.20. The molecule has 1 fully saturated rings. The summed E-state index contributed by atoms with van der Waals surface area (Å²) in [5, 5.41) is 10.1. The highest BCUT2D eigenvalue weighted by Crippen LogP contribution is 2.26. The van der Waals surface area contributed by atoms with Crippen molar-refractivity contribution in [3.63, 3.8) is 0 Å². The number of amides is 1. The van der Waals surface area contributed by atoms with Gasteiger partial charge in [0.15, 0.2) is 0 Å². The van der Waals surface area contributed by atoms with Gasteiger partial charge in [-0.2, -0.15) is 18.2 Å². The van der Waals surface area contributed by atoms with Crippen LogP contribution in [0.25, 0.3) is 0 Å². The Kier molecular flexibility index (Phi) is 3.71. The van der Waals surface area contributed by atoms with Crippen molar-refractivity contribution < 1.29 is 22.7 Å². The number of nitrogens with one attached hydrogen (secondary N) is 3. The van der Waals surface area contributed by atoms with E-state index in [0.717, 1.165) is 0 Å². The zero-order valence-electron chi connectivity index (χ0n) is 9.91. The van der Waals surface area contributed by atoms with Gasteiger partial charge in [0.05, 0.1) is 12.1 Å². The number of H-pyrrole nitrogens is 1. The first kappa shape index (κ1) is 13.7. The highest BCUT2D eigenvalue weighted by molar-refractivity contribution is 5.93. The van der Waals surface area contributed by atoms with E-state index in [4.69, 9.17) is 4.74 Å². The minimum absolute atomic E-state index is 0.0892. The zero-order chi connectivity index (χ0) is 14.0. The minimum atomic E-state index is -4.62. The van der Waals surface area contributed by atoms with Crippen molar-refractivity contribution in [3.05, 3.63) is 5.82 Å². The van der Waals surface area contributed by atoms with Crippen LogP contribution in [0.3, 0.4) is 0 Å². The highest BCUT2D eigenvalue weighted by atomic mass is 19.4. The molecule has 0 radical (unpaired) electrons. The maximum Gasteiger partial charge on any atom is 0.451 e. The van der Waals surface area contributed by atoms with E-state index in [1.54, 1.807) is 5.10 Å². The Morgan fingerprint density at radius 2 is 2.26 bits per heavy atom. The van der Waals surface area contributed by atoms with Crippen LogP contribution in [0.1, 0.15) is 12.2 Å². The second-order valence-electron chi connectivity index (χ2n) is 4.05. The molecule has 10 heteroatoms. The van der Waals surface area contributed by atoms with Gasteiger partial charge in [0.1, 0.15) is 0 Å². The van der Waals surface area contributed by atoms with Crippen LogP contribution >= 0.6 is 0 Å². The van der Waals surface area contributed by atoms with Crippen LogP contribution in [0.4, 0.5) is 19.1 Å². The van der Waals surface area contributed by atoms with Crippen LogP contribution in [-0.2, 0) is 15.7 Å². The first-order chi connectivity index (χ1) is 8.90. The van der Waals surface area contributed by atoms with Crippen LogP contribution in [0.2, 0.25) is 0 Å². The number of carbonyl (C=O) groups excluding carboxylic acids is 1. The SMILES string of the molecule is CO[C@@H]1CN[C@H](C(=O)Nc2n[nH]c(C(F)(F)F)n2)C1. The maximum atomic E-state index is 12.3. The molecule has 0 saturated carbocycles. The average Bonchev–Trinajstić information content (AvgIpc) is 2.95. The Hall–Kier alpha value is -1.68. The molecule has 0 bridgehead atoms. The lowest BCUT2D eigenvalue weighted by atomic mass is 10.2. The smallest absolute Gasteiger partial charge is 0.380 e. The number of aromatic amines is 1. The van der Waals surface area contributed by atoms with Crippen molar-refractivity contribution in [2.45, 2.75) is 24.7 Å². The Bertz CT molecular complexity index is 461. The molecule has 7 nitrogen and oxygen atoms in total. The third-order valence-electron chi connectivity index (χ3n) is 2.73. The van der Waals surface area contributed by atoms with E-state index >= 15 is 0 Å². The van der Waals surface area contributed by atoms with Gasteiger partial charge in [-0.05, 0) is 6.42 Å². The van der Waals surface area contributed by atoms with Crippen LogP contribution < -0.4 is 10.6 Å². The van der Waals surface area contributed by atoms with E-state index in [0.29, 0.717) is 13.0 Å². The number of aromatic nitrogens is 3. The summed E-state index contributed by atoms with van der Waals surface area (Å²) >= 11 is 0. The van der Waals surface area contributed by atoms with Crippen molar-refractivity contribution in [1.29, 1.82) is 0 Å². The molecule has 1 aliphatic heterocycles. The largest absolute Gasteiger partial charge is 0.451 e. The van der Waals surface area contributed by atoms with Gasteiger partial charge in [0.25, 0.3) is 0 Å². The standard InChI is InChI=1S/C9H12F3N5O2/c1-19-4-2-5(13-3-4)6(18)14-8-15-7(16-17-8)9(10,11)12/h4-5,13H,2-3H2,1H3,(H2,14,15,16,17,18)/t4-,5-/m0/s1. The second kappa shape index (κ2) is 5.13. The fraction of sp³-hybridized carbons (Fsp3) is 0.667. The number of nitrogens with zero attached hydrogens (tertiary/aromatic N) is 2. The van der Waals surface area contributed by atoms with Crippen molar-refractivity contribution in [2.75, 3.05) is 19.0 Å². The molecule has 0 spiro atoms. The molecule has 2 rings (SSSR count). The molecule has 106 valence electrons. The molecule has 1 amide bonds. The Balaban J connectivity index is 1.94. The Morgan fingerprint density at radius 3 is 2.79 bits per heavy atom. The van der Waals surface area contributed by atoms with E-state index in [2.05, 4.69) is 20.7 Å². The fourth-order valence-corrected chi connectivity index (χ4v) is 1.72. The summed E-state index contributed by atoms with van der Waals surface area (Å²) in [6.45, 7) is 0.510. The number of rotatable bonds is 3. The monoisotopic (exact) mass is 279 g/mol. The molecule has 1 aromatic heterocycles. The Labute approximate surface area is 105 Å². The number of carbonyl (C=O) groups is 1. The molecule has 0 unspecified atom stereocenters. The fourth-order valence-electron chi connectivity index (χ4n) is 1.72. The van der Waals surface area contributed by atoms with Gasteiger partial charge >= 0.3 is 6.18 Å². The molecule has 0 aromatic carbocycles. The molecule has 2 atom stereocenters. The van der Waals surface area contributed by atoms with Gasteiger partial charge in [-0.1, -0.05) is 0 Å². The summed E-state index contributed by atoms with van der Waals surface area (Å²) < 4.78 is 41.8. The summed E-state index contributed by atoms with van der Waals surface area (Å²) in [5.41, 5.74) is 0. The lowest BCUT2D eigenvalue weighted by Gasteiger charge is -2.08. The average molecular weight is 279 g/mol. The molecule has 1 aromatic rings. The number of anilines is 1. The zero-order valence-corrected chi connectivity index (χ0v) is 9.91. The Morgan fingerprint density at radius 1 is 1.53 bits per heavy atom. The number of hydrogen-bond acceptors (Lipinski definition) is 5. The third-order valence-corrected chi connectivity index (χ3v) is 2.73. The van der Waals surface area contributed by atoms with E-state index in [1.807, 2.05) is 0 Å². The highest BCUT2D eigenvalue weighted by Gasteiger charge is 2.36. The molecule has 0 aliphatic carbocycles. The van der Waals surface area contributed by atoms with Crippen molar-refractivity contribution in [1.82, 2.24) is 20.5 Å². The molecule has 19 heavy (non-hydrogen) atoms. The molecule has 1 aliphatic rings. The molecular formula is C9H12F3N5O2. The van der Waals surface area contributed by atoms with Gasteiger partial charge in [0, 0.05) is 13.7 Å². The second-order valence-corrected chi connectivity index (χ2v) is 4.05. The van der Waals surface area contributed by atoms with Crippen molar-refractivity contribution in [2.24, 2.45) is 0 Å². The molecular weight excluding hydrogens is 267 g/mol. The van der Waals surface area contributed by atoms with Gasteiger partial charge < -0.3 is 10.1 Å². The predicted molar refractivity (Wildman–Crippen MR) is 57.2 cm³/mol. The van der Waals surface area contributed by atoms with Crippen molar-refractivity contribution in [3.8, 4) is 0 Å². The number of methoxy groups -OCH3 is 1. The topological polar surface area (TPSA) is 91.9 Å². The summed E-state index contributed by atoms with van der Waals surface area (Å²) in [4.78, 5) is 14.9. The van der Waals surface area contributed by atoms with Gasteiger partial charge in [-0.15, -0.1) is 5.10 Å². The van der Waals surface area contributed by atoms with Crippen LogP contribution in [0, 0.1) is 0 Å². The van der Waals surface area contributed by atoms with E-state index in [9.17, 15) is 18.0 Å². The predicted octanol–water partition coefficient (Wildman–Crippen LogP) is 0.139.